The van der Waals surface area contributed by atoms with E-state index in [9.17, 15) is 14.1 Å². The second kappa shape index (κ2) is 8.53. The van der Waals surface area contributed by atoms with E-state index in [0.717, 1.165) is 0 Å². The average Bonchev–Trinajstić information content (AvgIpc) is 2.27. The number of aliphatic hydroxyl groups excluding tert-OH is 1. The van der Waals surface area contributed by atoms with Gasteiger partial charge in [0.2, 0.25) is 0 Å². The molecule has 0 aromatic rings. The molecule has 0 saturated heterocycles. The van der Waals surface area contributed by atoms with Gasteiger partial charge in [0.15, 0.2) is 0 Å². The Morgan fingerprint density at radius 3 is 2.21 bits per heavy atom. The number of rotatable bonds is 7. The fourth-order valence-corrected chi connectivity index (χ4v) is 2.19. The van der Waals surface area contributed by atoms with Gasteiger partial charge in [-0.3, -0.25) is 4.21 Å². The van der Waals surface area contributed by atoms with Crippen molar-refractivity contribution in [3.63, 3.8) is 0 Å². The Kier molecular flexibility index (Phi) is 8.25. The van der Waals surface area contributed by atoms with Gasteiger partial charge in [-0.2, -0.15) is 0 Å². The van der Waals surface area contributed by atoms with Gasteiger partial charge in [-0.1, -0.05) is 13.8 Å². The van der Waals surface area contributed by atoms with Crippen LogP contribution in [0.2, 0.25) is 0 Å². The minimum Gasteiger partial charge on any atom is -0.393 e. The van der Waals surface area contributed by atoms with Gasteiger partial charge in [0, 0.05) is 34.4 Å². The first-order valence-electron chi connectivity index (χ1n) is 6.73. The third kappa shape index (κ3) is 8.99. The summed E-state index contributed by atoms with van der Waals surface area (Å²) in [6.07, 6.45) is 0.146. The third-order valence-electron chi connectivity index (χ3n) is 2.75. The predicted molar refractivity (Wildman–Crippen MR) is 79.6 cm³/mol. The van der Waals surface area contributed by atoms with Crippen LogP contribution in [0.1, 0.15) is 41.0 Å². The van der Waals surface area contributed by atoms with E-state index in [1.54, 1.807) is 0 Å². The number of nitrogens with one attached hydrogen (secondary N) is 2. The highest BCUT2D eigenvalue weighted by molar-refractivity contribution is 7.86. The van der Waals surface area contributed by atoms with E-state index in [4.69, 9.17) is 0 Å². The van der Waals surface area contributed by atoms with E-state index in [0.29, 0.717) is 25.3 Å². The van der Waals surface area contributed by atoms with E-state index >= 15 is 0 Å². The molecule has 114 valence electrons. The van der Waals surface area contributed by atoms with Crippen LogP contribution in [0.25, 0.3) is 0 Å². The standard InChI is InChI=1S/C13H28N2O3S/c1-10(2)11(16)6-7-14-12(17)15-8-9-19(18)13(3,4)5/h10-11,16H,6-9H2,1-5H3,(H2,14,15,17). The SMILES string of the molecule is CC(C)C(O)CCNC(=O)NCCS(=O)C(C)(C)C. The Morgan fingerprint density at radius 2 is 1.74 bits per heavy atom. The van der Waals surface area contributed by atoms with Gasteiger partial charge in [-0.15, -0.1) is 0 Å². The molecule has 2 amide bonds. The van der Waals surface area contributed by atoms with Crippen molar-refractivity contribution in [1.29, 1.82) is 0 Å². The molecule has 6 heteroatoms. The van der Waals surface area contributed by atoms with Crippen molar-refractivity contribution in [2.45, 2.75) is 51.9 Å². The highest BCUT2D eigenvalue weighted by atomic mass is 32.2. The van der Waals surface area contributed by atoms with E-state index in [2.05, 4.69) is 10.6 Å². The summed E-state index contributed by atoms with van der Waals surface area (Å²) in [6.45, 7) is 10.4. The molecule has 0 spiro atoms. The number of hydrogen-bond acceptors (Lipinski definition) is 3. The van der Waals surface area contributed by atoms with Gasteiger partial charge in [0.25, 0.3) is 0 Å². The van der Waals surface area contributed by atoms with Crippen LogP contribution in [0.15, 0.2) is 0 Å². The minimum absolute atomic E-state index is 0.194. The summed E-state index contributed by atoms with van der Waals surface area (Å²) in [4.78, 5) is 11.4. The zero-order valence-corrected chi connectivity index (χ0v) is 13.5. The van der Waals surface area contributed by atoms with Crippen molar-refractivity contribution in [1.82, 2.24) is 10.6 Å². The molecule has 2 unspecified atom stereocenters. The van der Waals surface area contributed by atoms with Crippen LogP contribution in [-0.2, 0) is 10.8 Å². The Hall–Kier alpha value is -0.620. The number of aliphatic hydroxyl groups is 1. The van der Waals surface area contributed by atoms with Gasteiger partial charge in [-0.05, 0) is 33.1 Å². The third-order valence-corrected chi connectivity index (χ3v) is 4.69. The Bertz CT molecular complexity index is 301. The highest BCUT2D eigenvalue weighted by Crippen LogP contribution is 2.10. The zero-order valence-electron chi connectivity index (χ0n) is 12.7. The highest BCUT2D eigenvalue weighted by Gasteiger charge is 2.18. The van der Waals surface area contributed by atoms with Crippen molar-refractivity contribution in [2.24, 2.45) is 5.92 Å². The molecule has 0 fully saturated rings. The number of urea groups is 1. The molecular formula is C13H28N2O3S. The largest absolute Gasteiger partial charge is 0.393 e. The first kappa shape index (κ1) is 18.4. The van der Waals surface area contributed by atoms with Crippen molar-refractivity contribution in [2.75, 3.05) is 18.8 Å². The molecule has 0 saturated carbocycles. The van der Waals surface area contributed by atoms with Crippen LogP contribution in [0, 0.1) is 5.92 Å². The van der Waals surface area contributed by atoms with Crippen LogP contribution in [0.5, 0.6) is 0 Å². The average molecular weight is 292 g/mol. The van der Waals surface area contributed by atoms with Crippen LogP contribution in [-0.4, -0.2) is 45.0 Å². The van der Waals surface area contributed by atoms with Gasteiger partial charge in [0.1, 0.15) is 0 Å². The normalized spacial score (nSPS) is 15.1. The topological polar surface area (TPSA) is 78.4 Å². The molecule has 0 aliphatic rings. The predicted octanol–water partition coefficient (Wildman–Crippen LogP) is 1.24. The number of hydrogen-bond donors (Lipinski definition) is 3. The molecule has 0 aromatic heterocycles. The van der Waals surface area contributed by atoms with Gasteiger partial charge < -0.3 is 15.7 Å². The number of carbonyl (C=O) groups excluding carboxylic acids is 1. The fourth-order valence-electron chi connectivity index (χ4n) is 1.29. The van der Waals surface area contributed by atoms with Crippen LogP contribution in [0.3, 0.4) is 0 Å². The molecule has 2 atom stereocenters. The summed E-state index contributed by atoms with van der Waals surface area (Å²) in [7, 11) is -0.955. The maximum atomic E-state index is 11.7. The summed E-state index contributed by atoms with van der Waals surface area (Å²) >= 11 is 0. The summed E-state index contributed by atoms with van der Waals surface area (Å²) < 4.78 is 11.5. The molecule has 0 aliphatic carbocycles. The van der Waals surface area contributed by atoms with Crippen LogP contribution < -0.4 is 10.6 Å². The molecule has 5 nitrogen and oxygen atoms in total. The van der Waals surface area contributed by atoms with E-state index < -0.39 is 16.9 Å². The van der Waals surface area contributed by atoms with Crippen LogP contribution in [0.4, 0.5) is 4.79 Å². The van der Waals surface area contributed by atoms with E-state index in [-0.39, 0.29) is 16.7 Å². The monoisotopic (exact) mass is 292 g/mol. The summed E-state index contributed by atoms with van der Waals surface area (Å²) in [5.74, 6) is 0.644. The second-order valence-electron chi connectivity index (χ2n) is 5.94. The minimum atomic E-state index is -0.955. The summed E-state index contributed by atoms with van der Waals surface area (Å²) in [5, 5.41) is 14.9. The molecule has 3 N–H and O–H groups in total. The fraction of sp³-hybridized carbons (Fsp3) is 0.923. The van der Waals surface area contributed by atoms with Crippen molar-refractivity contribution in [3.05, 3.63) is 0 Å². The maximum Gasteiger partial charge on any atom is 0.314 e. The summed E-state index contributed by atoms with van der Waals surface area (Å²) in [5.41, 5.74) is 0. The number of carbonyl (C=O) groups is 1. The first-order chi connectivity index (χ1) is 8.64. The van der Waals surface area contributed by atoms with Gasteiger partial charge in [0.05, 0.1) is 6.10 Å². The molecular weight excluding hydrogens is 264 g/mol. The first-order valence-corrected chi connectivity index (χ1v) is 8.04. The van der Waals surface area contributed by atoms with E-state index in [1.807, 2.05) is 34.6 Å². The van der Waals surface area contributed by atoms with Crippen LogP contribution >= 0.6 is 0 Å². The number of amides is 2. The van der Waals surface area contributed by atoms with Crippen molar-refractivity contribution in [3.8, 4) is 0 Å². The molecule has 19 heavy (non-hydrogen) atoms. The lowest BCUT2D eigenvalue weighted by Gasteiger charge is -2.18. The molecule has 0 rings (SSSR count). The lowest BCUT2D eigenvalue weighted by molar-refractivity contribution is 0.116. The molecule has 0 aliphatic heterocycles. The summed E-state index contributed by atoms with van der Waals surface area (Å²) in [6, 6.07) is -0.276. The maximum absolute atomic E-state index is 11.7. The molecule has 0 bridgehead atoms. The quantitative estimate of drug-likeness (QED) is 0.660. The lowest BCUT2D eigenvalue weighted by atomic mass is 10.0. The van der Waals surface area contributed by atoms with Crippen molar-refractivity contribution < 1.29 is 14.1 Å². The zero-order chi connectivity index (χ0) is 15.1. The molecule has 0 aromatic carbocycles. The molecule has 0 radical (unpaired) electrons. The van der Waals surface area contributed by atoms with E-state index in [1.165, 1.54) is 0 Å². The Morgan fingerprint density at radius 1 is 1.21 bits per heavy atom. The second-order valence-corrected chi connectivity index (χ2v) is 8.27. The van der Waals surface area contributed by atoms with Crippen molar-refractivity contribution >= 4 is 16.8 Å². The molecule has 0 heterocycles. The smallest absolute Gasteiger partial charge is 0.314 e. The Labute approximate surface area is 119 Å². The van der Waals surface area contributed by atoms with Gasteiger partial charge >= 0.3 is 6.03 Å². The Balaban J connectivity index is 3.69. The van der Waals surface area contributed by atoms with Gasteiger partial charge in [-0.25, -0.2) is 4.79 Å². The lowest BCUT2D eigenvalue weighted by Crippen LogP contribution is -2.40.